The van der Waals surface area contributed by atoms with Gasteiger partial charge in [-0.1, -0.05) is 37.7 Å². The normalized spacial score (nSPS) is 12.2. The largest absolute Gasteiger partial charge is 0.497 e. The maximum atomic E-state index is 12.3. The first-order chi connectivity index (χ1) is 11.0. The van der Waals surface area contributed by atoms with Gasteiger partial charge in [0.1, 0.15) is 5.75 Å². The molecule has 1 aromatic carbocycles. The van der Waals surface area contributed by atoms with E-state index in [0.717, 1.165) is 16.5 Å². The summed E-state index contributed by atoms with van der Waals surface area (Å²) < 4.78 is 7.09. The van der Waals surface area contributed by atoms with Gasteiger partial charge in [-0.15, -0.1) is 0 Å². The molecule has 0 saturated heterocycles. The van der Waals surface area contributed by atoms with Gasteiger partial charge in [0.2, 0.25) is 5.91 Å². The zero-order chi connectivity index (χ0) is 16.8. The highest BCUT2D eigenvalue weighted by Crippen LogP contribution is 2.24. The van der Waals surface area contributed by atoms with Crippen molar-refractivity contribution in [3.63, 3.8) is 0 Å². The zero-order valence-electron chi connectivity index (χ0n) is 13.9. The van der Waals surface area contributed by atoms with Crippen molar-refractivity contribution in [2.75, 3.05) is 12.9 Å². The molecule has 0 bridgehead atoms. The second-order valence-electron chi connectivity index (χ2n) is 5.67. The Labute approximate surface area is 141 Å². The number of aryl methyl sites for hydroxylation is 1. The molecule has 6 heteroatoms. The number of nitrogens with one attached hydrogen (secondary N) is 1. The van der Waals surface area contributed by atoms with Crippen LogP contribution in [-0.2, 0) is 11.8 Å². The van der Waals surface area contributed by atoms with Crippen LogP contribution in [0.5, 0.6) is 5.75 Å². The molecule has 0 aliphatic carbocycles. The Hall–Kier alpha value is -1.95. The number of hydrogen-bond donors (Lipinski definition) is 1. The number of rotatable bonds is 7. The summed E-state index contributed by atoms with van der Waals surface area (Å²) in [6, 6.07) is 7.81. The van der Waals surface area contributed by atoms with E-state index in [0.29, 0.717) is 11.7 Å². The van der Waals surface area contributed by atoms with Crippen molar-refractivity contribution in [1.29, 1.82) is 0 Å². The highest BCUT2D eigenvalue weighted by atomic mass is 32.2. The number of nitrogens with zero attached hydrogens (tertiary/aromatic N) is 2. The lowest BCUT2D eigenvalue weighted by atomic mass is 9.96. The predicted molar refractivity (Wildman–Crippen MR) is 92.6 cm³/mol. The minimum absolute atomic E-state index is 0.00696. The summed E-state index contributed by atoms with van der Waals surface area (Å²) in [6.45, 7) is 4.20. The summed E-state index contributed by atoms with van der Waals surface area (Å²) in [5, 5.41) is 3.95. The number of thioether (sulfide) groups is 1. The summed E-state index contributed by atoms with van der Waals surface area (Å²) in [7, 11) is 3.56. The molecule has 1 atom stereocenters. The van der Waals surface area contributed by atoms with Gasteiger partial charge < -0.3 is 14.6 Å². The summed E-state index contributed by atoms with van der Waals surface area (Å²) in [4.78, 5) is 16.5. The molecule has 0 aliphatic rings. The molecule has 0 saturated carbocycles. The summed E-state index contributed by atoms with van der Waals surface area (Å²) >= 11 is 1.44. The molecule has 0 spiro atoms. The van der Waals surface area contributed by atoms with Crippen molar-refractivity contribution >= 4 is 17.7 Å². The number of carbonyl (C=O) groups excluding carboxylic acids is 1. The van der Waals surface area contributed by atoms with Crippen LogP contribution in [0.4, 0.5) is 0 Å². The average Bonchev–Trinajstić information content (AvgIpc) is 2.95. The molecule has 23 heavy (non-hydrogen) atoms. The van der Waals surface area contributed by atoms with Crippen LogP contribution in [0.1, 0.15) is 25.5 Å². The fourth-order valence-corrected chi connectivity index (χ4v) is 3.03. The lowest BCUT2D eigenvalue weighted by Crippen LogP contribution is -2.33. The maximum Gasteiger partial charge on any atom is 0.230 e. The van der Waals surface area contributed by atoms with Crippen molar-refractivity contribution in [2.45, 2.75) is 25.0 Å². The molecule has 1 N–H and O–H groups in total. The molecule has 2 aromatic rings. The van der Waals surface area contributed by atoms with Gasteiger partial charge in [0.15, 0.2) is 5.16 Å². The molecule has 5 nitrogen and oxygen atoms in total. The molecule has 0 radical (unpaired) electrons. The Morgan fingerprint density at radius 2 is 2.04 bits per heavy atom. The van der Waals surface area contributed by atoms with Gasteiger partial charge in [-0.05, 0) is 23.6 Å². The van der Waals surface area contributed by atoms with Crippen LogP contribution in [0.2, 0.25) is 0 Å². The molecule has 1 unspecified atom stereocenters. The van der Waals surface area contributed by atoms with Gasteiger partial charge in [0.25, 0.3) is 0 Å². The van der Waals surface area contributed by atoms with Gasteiger partial charge >= 0.3 is 0 Å². The van der Waals surface area contributed by atoms with Crippen molar-refractivity contribution < 1.29 is 9.53 Å². The number of carbonyl (C=O) groups is 1. The van der Waals surface area contributed by atoms with E-state index in [4.69, 9.17) is 4.74 Å². The van der Waals surface area contributed by atoms with E-state index in [1.807, 2.05) is 42.1 Å². The van der Waals surface area contributed by atoms with Crippen LogP contribution in [0.3, 0.4) is 0 Å². The summed E-state index contributed by atoms with van der Waals surface area (Å²) in [6.07, 6.45) is 3.60. The zero-order valence-corrected chi connectivity index (χ0v) is 14.8. The lowest BCUT2D eigenvalue weighted by molar-refractivity contribution is -0.119. The Morgan fingerprint density at radius 1 is 1.35 bits per heavy atom. The third-order valence-electron chi connectivity index (χ3n) is 3.57. The Morgan fingerprint density at radius 3 is 2.57 bits per heavy atom. The number of ether oxygens (including phenoxy) is 1. The van der Waals surface area contributed by atoms with Crippen molar-refractivity contribution in [3.05, 3.63) is 42.2 Å². The highest BCUT2D eigenvalue weighted by Gasteiger charge is 2.18. The number of methoxy groups -OCH3 is 1. The minimum atomic E-state index is -0.0182. The quantitative estimate of drug-likeness (QED) is 0.791. The molecular formula is C17H23N3O2S. The maximum absolute atomic E-state index is 12.3. The van der Waals surface area contributed by atoms with Crippen LogP contribution in [0, 0.1) is 5.92 Å². The van der Waals surface area contributed by atoms with E-state index in [2.05, 4.69) is 24.1 Å². The van der Waals surface area contributed by atoms with Gasteiger partial charge in [0.05, 0.1) is 18.9 Å². The second-order valence-corrected chi connectivity index (χ2v) is 6.61. The topological polar surface area (TPSA) is 56.1 Å². The first-order valence-corrected chi connectivity index (χ1v) is 8.53. The number of imidazole rings is 1. The third kappa shape index (κ3) is 4.76. The first-order valence-electron chi connectivity index (χ1n) is 7.54. The molecule has 124 valence electrons. The van der Waals surface area contributed by atoms with E-state index in [1.165, 1.54) is 11.8 Å². The smallest absolute Gasteiger partial charge is 0.230 e. The standard InChI is InChI=1S/C17H23N3O2S/c1-12(2)16(13-5-7-14(22-4)8-6-13)19-15(21)11-23-17-18-9-10-20(17)3/h5-10,12,16H,11H2,1-4H3,(H,19,21). The lowest BCUT2D eigenvalue weighted by Gasteiger charge is -2.23. The fraction of sp³-hybridized carbons (Fsp3) is 0.412. The van der Waals surface area contributed by atoms with Gasteiger partial charge in [0, 0.05) is 19.4 Å². The van der Waals surface area contributed by atoms with E-state index < -0.39 is 0 Å². The predicted octanol–water partition coefficient (Wildman–Crippen LogP) is 3.03. The third-order valence-corrected chi connectivity index (χ3v) is 4.63. The number of benzene rings is 1. The molecule has 2 rings (SSSR count). The Bertz CT molecular complexity index is 638. The highest BCUT2D eigenvalue weighted by molar-refractivity contribution is 7.99. The van der Waals surface area contributed by atoms with E-state index in [9.17, 15) is 4.79 Å². The van der Waals surface area contributed by atoms with Crippen molar-refractivity contribution in [1.82, 2.24) is 14.9 Å². The number of hydrogen-bond acceptors (Lipinski definition) is 4. The summed E-state index contributed by atoms with van der Waals surface area (Å²) in [5.74, 6) is 1.47. The van der Waals surface area contributed by atoms with Crippen LogP contribution < -0.4 is 10.1 Å². The second kappa shape index (κ2) is 8.06. The van der Waals surface area contributed by atoms with Crippen LogP contribution in [0.25, 0.3) is 0 Å². The molecule has 1 heterocycles. The number of aromatic nitrogens is 2. The van der Waals surface area contributed by atoms with Crippen LogP contribution in [-0.4, -0.2) is 28.3 Å². The monoisotopic (exact) mass is 333 g/mol. The van der Waals surface area contributed by atoms with Gasteiger partial charge in [-0.3, -0.25) is 4.79 Å². The Balaban J connectivity index is 1.98. The molecule has 1 amide bonds. The van der Waals surface area contributed by atoms with Crippen LogP contribution in [0.15, 0.2) is 41.8 Å². The number of amides is 1. The molecule has 1 aromatic heterocycles. The van der Waals surface area contributed by atoms with E-state index >= 15 is 0 Å². The van der Waals surface area contributed by atoms with Crippen molar-refractivity contribution in [2.24, 2.45) is 13.0 Å². The van der Waals surface area contributed by atoms with Crippen LogP contribution >= 0.6 is 11.8 Å². The fourth-order valence-electron chi connectivity index (χ4n) is 2.28. The molecule has 0 aliphatic heterocycles. The van der Waals surface area contributed by atoms with Gasteiger partial charge in [-0.2, -0.15) is 0 Å². The summed E-state index contributed by atoms with van der Waals surface area (Å²) in [5.41, 5.74) is 1.08. The minimum Gasteiger partial charge on any atom is -0.497 e. The Kier molecular flexibility index (Phi) is 6.10. The van der Waals surface area contributed by atoms with E-state index in [-0.39, 0.29) is 11.9 Å². The average molecular weight is 333 g/mol. The molecule has 0 fully saturated rings. The SMILES string of the molecule is COc1ccc(C(NC(=O)CSc2nccn2C)C(C)C)cc1. The van der Waals surface area contributed by atoms with Crippen molar-refractivity contribution in [3.8, 4) is 5.75 Å². The molecular weight excluding hydrogens is 310 g/mol. The van der Waals surface area contributed by atoms with E-state index in [1.54, 1.807) is 13.3 Å². The van der Waals surface area contributed by atoms with Gasteiger partial charge in [-0.25, -0.2) is 4.98 Å². The first kappa shape index (κ1) is 17.4.